The van der Waals surface area contributed by atoms with Gasteiger partial charge in [-0.3, -0.25) is 9.69 Å². The van der Waals surface area contributed by atoms with E-state index in [0.717, 1.165) is 36.5 Å². The molecule has 4 aliphatic heterocycles. The number of amides is 5. The fourth-order valence-corrected chi connectivity index (χ4v) is 8.17. The number of thiophene rings is 1. The Morgan fingerprint density at radius 3 is 2.12 bits per heavy atom. The minimum Gasteiger partial charge on any atom is -0.398 e. The van der Waals surface area contributed by atoms with Crippen LogP contribution in [0.2, 0.25) is 0 Å². The van der Waals surface area contributed by atoms with Crippen LogP contribution in [0, 0.1) is 0 Å². The first-order chi connectivity index (χ1) is 23.7. The van der Waals surface area contributed by atoms with E-state index >= 15 is 0 Å². The van der Waals surface area contributed by atoms with Crippen molar-refractivity contribution in [1.82, 2.24) is 30.2 Å². The molecule has 0 saturated carbocycles. The second-order valence-electron chi connectivity index (χ2n) is 13.2. The molecule has 4 aliphatic rings. The van der Waals surface area contributed by atoms with Crippen molar-refractivity contribution in [1.29, 1.82) is 0 Å². The molecule has 5 amide bonds. The van der Waals surface area contributed by atoms with Crippen LogP contribution in [0.25, 0.3) is 0 Å². The molecular formula is C32H40F6N8O3S. The minimum absolute atomic E-state index is 0.153. The summed E-state index contributed by atoms with van der Waals surface area (Å²) in [7, 11) is 0. The van der Waals surface area contributed by atoms with E-state index in [1.54, 1.807) is 4.90 Å². The molecule has 1 aromatic heterocycles. The summed E-state index contributed by atoms with van der Waals surface area (Å²) in [5.74, 6) is -0.589. The van der Waals surface area contributed by atoms with Crippen LogP contribution in [-0.4, -0.2) is 108 Å². The van der Waals surface area contributed by atoms with Crippen molar-refractivity contribution >= 4 is 40.7 Å². The summed E-state index contributed by atoms with van der Waals surface area (Å²) in [5.41, 5.74) is 0.926. The van der Waals surface area contributed by atoms with E-state index in [4.69, 9.17) is 5.73 Å². The van der Waals surface area contributed by atoms with Gasteiger partial charge in [-0.1, -0.05) is 0 Å². The predicted molar refractivity (Wildman–Crippen MR) is 174 cm³/mol. The number of urea groups is 2. The molecule has 50 heavy (non-hydrogen) atoms. The van der Waals surface area contributed by atoms with Crippen LogP contribution in [0.15, 0.2) is 23.6 Å². The molecule has 5 heterocycles. The number of anilines is 2. The Bertz CT molecular complexity index is 1530. The van der Waals surface area contributed by atoms with Crippen molar-refractivity contribution in [3.05, 3.63) is 45.1 Å². The van der Waals surface area contributed by atoms with Crippen LogP contribution in [0.4, 0.5) is 47.3 Å². The number of carbonyl (C=O) groups is 3. The van der Waals surface area contributed by atoms with E-state index in [0.29, 0.717) is 63.7 Å². The number of rotatable bonds is 6. The third kappa shape index (κ3) is 7.91. The molecule has 11 nitrogen and oxygen atoms in total. The van der Waals surface area contributed by atoms with Gasteiger partial charge in [0.2, 0.25) is 5.91 Å². The van der Waals surface area contributed by atoms with E-state index in [1.807, 2.05) is 11.4 Å². The highest BCUT2D eigenvalue weighted by Gasteiger charge is 2.42. The molecule has 0 aliphatic carbocycles. The number of nitrogen functional groups attached to an aromatic ring is 1. The molecular weight excluding hydrogens is 690 g/mol. The number of hydrogen-bond acceptors (Lipinski definition) is 7. The van der Waals surface area contributed by atoms with Crippen LogP contribution in [-0.2, 0) is 30.1 Å². The highest BCUT2D eigenvalue weighted by molar-refractivity contribution is 7.10. The number of nitrogens with two attached hydrogens (primary N) is 1. The van der Waals surface area contributed by atoms with Gasteiger partial charge in [0, 0.05) is 62.7 Å². The topological polar surface area (TPSA) is 126 Å². The van der Waals surface area contributed by atoms with Gasteiger partial charge < -0.3 is 36.4 Å². The lowest BCUT2D eigenvalue weighted by molar-refractivity contribution is -0.141. The Morgan fingerprint density at radius 1 is 0.900 bits per heavy atom. The average molecular weight is 731 g/mol. The predicted octanol–water partition coefficient (Wildman–Crippen LogP) is 4.40. The smallest absolute Gasteiger partial charge is 0.398 e. The SMILES string of the molecule is Nc1c(C(F)(F)F)cc(C[C@@H](NC(=O)N2CCC(N3Cc4sccc4NC3=O)CC2)C(=O)N2CCN(C3CCNCC3)CC2)cc1C(F)(F)F. The molecule has 3 saturated heterocycles. The van der Waals surface area contributed by atoms with Gasteiger partial charge in [-0.05, 0) is 67.9 Å². The Labute approximate surface area is 289 Å². The van der Waals surface area contributed by atoms with Crippen molar-refractivity contribution in [2.24, 2.45) is 0 Å². The maximum absolute atomic E-state index is 14.0. The summed E-state index contributed by atoms with van der Waals surface area (Å²) in [5, 5.41) is 10.7. The van der Waals surface area contributed by atoms with Crippen LogP contribution in [0.5, 0.6) is 0 Å². The molecule has 0 unspecified atom stereocenters. The van der Waals surface area contributed by atoms with Crippen molar-refractivity contribution in [3.63, 3.8) is 0 Å². The Balaban J connectivity index is 1.18. The Morgan fingerprint density at radius 2 is 1.52 bits per heavy atom. The zero-order valence-electron chi connectivity index (χ0n) is 27.2. The number of nitrogens with one attached hydrogen (secondary N) is 3. The summed E-state index contributed by atoms with van der Waals surface area (Å²) in [6.45, 7) is 4.38. The number of halogens is 6. The minimum atomic E-state index is -5.19. The monoisotopic (exact) mass is 730 g/mol. The molecule has 0 spiro atoms. The second-order valence-corrected chi connectivity index (χ2v) is 14.2. The third-order valence-corrected chi connectivity index (χ3v) is 11.0. The number of hydrogen-bond donors (Lipinski definition) is 4. The van der Waals surface area contributed by atoms with E-state index in [9.17, 15) is 40.7 Å². The lowest BCUT2D eigenvalue weighted by Crippen LogP contribution is -2.59. The molecule has 18 heteroatoms. The molecule has 1 atom stereocenters. The van der Waals surface area contributed by atoms with Gasteiger partial charge in [-0.2, -0.15) is 26.3 Å². The number of piperidine rings is 2. The van der Waals surface area contributed by atoms with Crippen molar-refractivity contribution in [3.8, 4) is 0 Å². The molecule has 0 radical (unpaired) electrons. The number of piperazine rings is 1. The van der Waals surface area contributed by atoms with Crippen LogP contribution >= 0.6 is 11.3 Å². The van der Waals surface area contributed by atoms with Gasteiger partial charge in [0.05, 0.1) is 29.0 Å². The lowest BCUT2D eigenvalue weighted by Gasteiger charge is -2.42. The largest absolute Gasteiger partial charge is 0.418 e. The molecule has 2 aromatic rings. The van der Waals surface area contributed by atoms with Gasteiger partial charge in [-0.15, -0.1) is 11.3 Å². The van der Waals surface area contributed by atoms with E-state index in [-0.39, 0.29) is 25.2 Å². The summed E-state index contributed by atoms with van der Waals surface area (Å²) in [4.78, 5) is 48.3. The fourth-order valence-electron chi connectivity index (χ4n) is 7.34. The zero-order valence-corrected chi connectivity index (χ0v) is 28.0. The summed E-state index contributed by atoms with van der Waals surface area (Å²) >= 11 is 1.53. The molecule has 1 aromatic carbocycles. The first-order valence-electron chi connectivity index (χ1n) is 16.7. The number of carbonyl (C=O) groups excluding carboxylic acids is 3. The maximum Gasteiger partial charge on any atom is 0.418 e. The summed E-state index contributed by atoms with van der Waals surface area (Å²) in [6.07, 6.45) is -8.18. The quantitative estimate of drug-likeness (QED) is 0.258. The average Bonchev–Trinajstić information content (AvgIpc) is 3.54. The number of nitrogens with zero attached hydrogens (tertiary/aromatic N) is 4. The highest BCUT2D eigenvalue weighted by atomic mass is 32.1. The van der Waals surface area contributed by atoms with E-state index in [1.165, 1.54) is 21.1 Å². The molecule has 6 rings (SSSR count). The van der Waals surface area contributed by atoms with Gasteiger partial charge in [0.15, 0.2) is 0 Å². The molecule has 274 valence electrons. The van der Waals surface area contributed by atoms with E-state index < -0.39 is 59.1 Å². The Kier molecular flexibility index (Phi) is 10.4. The first kappa shape index (κ1) is 36.0. The van der Waals surface area contributed by atoms with Crippen LogP contribution in [0.3, 0.4) is 0 Å². The Hall–Kier alpha value is -3.77. The number of fused-ring (bicyclic) bond motifs is 1. The van der Waals surface area contributed by atoms with Gasteiger partial charge in [0.25, 0.3) is 0 Å². The molecule has 0 bridgehead atoms. The third-order valence-electron chi connectivity index (χ3n) is 10.1. The number of likely N-dealkylation sites (tertiary alicyclic amines) is 1. The second kappa shape index (κ2) is 14.5. The normalized spacial score (nSPS) is 20.8. The standard InChI is InChI=1S/C32H40F6N8O3S/c33-31(34,35)22-15-19(16-23(27(22)39)32(36,37)38)17-25(28(47)44-12-10-43(11-13-44)20-1-6-40-7-2-20)42-29(48)45-8-3-21(4-9-45)46-18-26-24(5-14-50-26)41-30(46)49/h5,14-16,20-21,25,40H,1-4,6-13,17-18,39H2,(H,41,49)(H,42,48)/t25-/m1/s1. The van der Waals surface area contributed by atoms with Crippen LogP contribution < -0.4 is 21.7 Å². The maximum atomic E-state index is 14.0. The van der Waals surface area contributed by atoms with Gasteiger partial charge in [0.1, 0.15) is 6.04 Å². The number of alkyl halides is 6. The number of benzene rings is 1. The molecule has 3 fully saturated rings. The summed E-state index contributed by atoms with van der Waals surface area (Å²) < 4.78 is 83.0. The van der Waals surface area contributed by atoms with Crippen LogP contribution in [0.1, 0.15) is 47.3 Å². The van der Waals surface area contributed by atoms with Gasteiger partial charge >= 0.3 is 24.4 Å². The van der Waals surface area contributed by atoms with E-state index in [2.05, 4.69) is 20.9 Å². The molecule has 5 N–H and O–H groups in total. The summed E-state index contributed by atoms with van der Waals surface area (Å²) in [6, 6.07) is 0.728. The first-order valence-corrected chi connectivity index (χ1v) is 17.6. The van der Waals surface area contributed by atoms with Gasteiger partial charge in [-0.25, -0.2) is 9.59 Å². The highest BCUT2D eigenvalue weighted by Crippen LogP contribution is 2.42. The van der Waals surface area contributed by atoms with Crippen molar-refractivity contribution < 1.29 is 40.7 Å². The van der Waals surface area contributed by atoms with Crippen molar-refractivity contribution in [2.75, 3.05) is 63.4 Å². The van der Waals surface area contributed by atoms with Crippen molar-refractivity contribution in [2.45, 2.75) is 69.1 Å². The lowest BCUT2D eigenvalue weighted by atomic mass is 9.96. The fraction of sp³-hybridized carbons (Fsp3) is 0.594. The zero-order chi connectivity index (χ0) is 35.8.